The van der Waals surface area contributed by atoms with Crippen molar-refractivity contribution >= 4 is 0 Å². The van der Waals surface area contributed by atoms with Crippen LogP contribution < -0.4 is 0 Å². The van der Waals surface area contributed by atoms with Crippen LogP contribution in [0.5, 0.6) is 0 Å². The zero-order valence-corrected chi connectivity index (χ0v) is 4.93. The van der Waals surface area contributed by atoms with Crippen LogP contribution in [0, 0.1) is 11.8 Å². The van der Waals surface area contributed by atoms with Gasteiger partial charge in [-0.15, -0.1) is 0 Å². The van der Waals surface area contributed by atoms with E-state index in [1.54, 1.807) is 0 Å². The predicted octanol–water partition coefficient (Wildman–Crippen LogP) is 2.14. The molecule has 0 heterocycles. The first-order valence-electron chi connectivity index (χ1n) is 3.25. The summed E-state index contributed by atoms with van der Waals surface area (Å²) in [5.74, 6) is 1.53. The summed E-state index contributed by atoms with van der Waals surface area (Å²) < 4.78 is 0. The Balaban J connectivity index is 2.39. The molecule has 0 aromatic heterocycles. The molecule has 0 radical (unpaired) electrons. The van der Waals surface area contributed by atoms with E-state index in [2.05, 4.69) is 18.7 Å². The summed E-state index contributed by atoms with van der Waals surface area (Å²) in [4.78, 5) is 0. The van der Waals surface area contributed by atoms with Crippen molar-refractivity contribution in [3.05, 3.63) is 24.3 Å². The highest BCUT2D eigenvalue weighted by Gasteiger charge is 2.29. The molecular weight excluding hydrogens is 96.1 g/mol. The first-order valence-corrected chi connectivity index (χ1v) is 3.25. The predicted molar refractivity (Wildman–Crippen MR) is 34.5 cm³/mol. The van der Waals surface area contributed by atoms with Crippen molar-refractivity contribution in [1.82, 2.24) is 0 Å². The zero-order chi connectivity index (χ0) is 5.56. The fourth-order valence-corrected chi connectivity index (χ4v) is 1.71. The third-order valence-electron chi connectivity index (χ3n) is 2.32. The Morgan fingerprint density at radius 2 is 1.75 bits per heavy atom. The molecule has 2 aliphatic carbocycles. The summed E-state index contributed by atoms with van der Waals surface area (Å²) in [5.41, 5.74) is 1.46. The van der Waals surface area contributed by atoms with Gasteiger partial charge in [0.2, 0.25) is 0 Å². The Morgan fingerprint density at radius 3 is 1.88 bits per heavy atom. The largest absolute Gasteiger partial charge is 0.0987 e. The molecule has 0 N–H and O–H groups in total. The van der Waals surface area contributed by atoms with Gasteiger partial charge in [0.25, 0.3) is 0 Å². The van der Waals surface area contributed by atoms with Crippen LogP contribution in [0.25, 0.3) is 0 Å². The fraction of sp³-hybridized carbons (Fsp3) is 0.500. The highest BCUT2D eigenvalue weighted by molar-refractivity contribution is 5.29. The summed E-state index contributed by atoms with van der Waals surface area (Å²) >= 11 is 0. The lowest BCUT2D eigenvalue weighted by Crippen LogP contribution is -1.84. The van der Waals surface area contributed by atoms with E-state index >= 15 is 0 Å². The molecule has 1 saturated carbocycles. The van der Waals surface area contributed by atoms with Crippen molar-refractivity contribution in [2.45, 2.75) is 12.8 Å². The Hall–Kier alpha value is -0.520. The molecule has 2 rings (SSSR count). The van der Waals surface area contributed by atoms with Gasteiger partial charge in [-0.2, -0.15) is 0 Å². The highest BCUT2D eigenvalue weighted by atomic mass is 14.3. The van der Waals surface area contributed by atoms with Crippen LogP contribution in [-0.2, 0) is 0 Å². The first kappa shape index (κ1) is 4.37. The van der Waals surface area contributed by atoms with Crippen LogP contribution in [0.1, 0.15) is 12.8 Å². The van der Waals surface area contributed by atoms with Gasteiger partial charge in [0, 0.05) is 0 Å². The molecule has 1 fully saturated rings. The second-order valence-corrected chi connectivity index (χ2v) is 2.75. The third-order valence-corrected chi connectivity index (χ3v) is 2.32. The summed E-state index contributed by atoms with van der Waals surface area (Å²) in [6, 6.07) is 0. The zero-order valence-electron chi connectivity index (χ0n) is 4.93. The van der Waals surface area contributed by atoms with Crippen molar-refractivity contribution in [2.24, 2.45) is 11.8 Å². The molecule has 0 spiro atoms. The smallest absolute Gasteiger partial charge is 0.00195 e. The minimum Gasteiger partial charge on any atom is -0.0987 e. The topological polar surface area (TPSA) is 0 Å². The lowest BCUT2D eigenvalue weighted by Gasteiger charge is -1.96. The molecule has 0 amide bonds. The van der Waals surface area contributed by atoms with E-state index in [4.69, 9.17) is 0 Å². The minimum atomic E-state index is 0.764. The Morgan fingerprint density at radius 1 is 1.25 bits per heavy atom. The van der Waals surface area contributed by atoms with Crippen LogP contribution in [0.15, 0.2) is 24.3 Å². The molecule has 0 aromatic carbocycles. The van der Waals surface area contributed by atoms with Crippen LogP contribution in [-0.4, -0.2) is 0 Å². The maximum atomic E-state index is 4.02. The molecule has 8 heavy (non-hydrogen) atoms. The molecule has 0 saturated heterocycles. The molecular formula is C8H10. The van der Waals surface area contributed by atoms with Crippen molar-refractivity contribution in [1.29, 1.82) is 0 Å². The van der Waals surface area contributed by atoms with Gasteiger partial charge in [-0.05, 0) is 24.7 Å². The van der Waals surface area contributed by atoms with Gasteiger partial charge in [-0.3, -0.25) is 0 Å². The SMILES string of the molecule is C=C1[C@H]2C=C[C@H]1CC2. The highest BCUT2D eigenvalue weighted by Crippen LogP contribution is 2.42. The molecule has 2 aliphatic rings. The van der Waals surface area contributed by atoms with Gasteiger partial charge in [-0.1, -0.05) is 24.3 Å². The molecule has 0 heteroatoms. The Labute approximate surface area is 49.9 Å². The maximum Gasteiger partial charge on any atom is -0.00195 e. The number of allylic oxidation sites excluding steroid dienone is 3. The molecule has 0 aliphatic heterocycles. The molecule has 0 nitrogen and oxygen atoms in total. The average Bonchev–Trinajstić information content (AvgIpc) is 2.29. The summed E-state index contributed by atoms with van der Waals surface area (Å²) in [5, 5.41) is 0. The number of fused-ring (bicyclic) bond motifs is 2. The minimum absolute atomic E-state index is 0.764. The average molecular weight is 106 g/mol. The molecule has 2 atom stereocenters. The fourth-order valence-electron chi connectivity index (χ4n) is 1.71. The quantitative estimate of drug-likeness (QED) is 0.415. The normalized spacial score (nSPS) is 41.8. The van der Waals surface area contributed by atoms with E-state index in [9.17, 15) is 0 Å². The van der Waals surface area contributed by atoms with E-state index in [0.29, 0.717) is 0 Å². The second-order valence-electron chi connectivity index (χ2n) is 2.75. The Bertz CT molecular complexity index is 137. The van der Waals surface area contributed by atoms with Gasteiger partial charge in [-0.25, -0.2) is 0 Å². The summed E-state index contributed by atoms with van der Waals surface area (Å²) in [6.45, 7) is 4.02. The Kier molecular flexibility index (Phi) is 0.682. The van der Waals surface area contributed by atoms with Crippen LogP contribution >= 0.6 is 0 Å². The van der Waals surface area contributed by atoms with Gasteiger partial charge in [0.05, 0.1) is 0 Å². The van der Waals surface area contributed by atoms with E-state index in [-0.39, 0.29) is 0 Å². The lowest BCUT2D eigenvalue weighted by molar-refractivity contribution is 0.705. The van der Waals surface area contributed by atoms with Crippen LogP contribution in [0.2, 0.25) is 0 Å². The monoisotopic (exact) mass is 106 g/mol. The van der Waals surface area contributed by atoms with Crippen LogP contribution in [0.4, 0.5) is 0 Å². The number of hydrogen-bond acceptors (Lipinski definition) is 0. The van der Waals surface area contributed by atoms with E-state index in [0.717, 1.165) is 11.8 Å². The molecule has 42 valence electrons. The van der Waals surface area contributed by atoms with Crippen molar-refractivity contribution in [2.75, 3.05) is 0 Å². The second kappa shape index (κ2) is 1.25. The number of rotatable bonds is 0. The number of hydrogen-bond donors (Lipinski definition) is 0. The van der Waals surface area contributed by atoms with Gasteiger partial charge in [0.15, 0.2) is 0 Å². The van der Waals surface area contributed by atoms with Crippen molar-refractivity contribution in [3.8, 4) is 0 Å². The van der Waals surface area contributed by atoms with E-state index < -0.39 is 0 Å². The van der Waals surface area contributed by atoms with Crippen molar-refractivity contribution in [3.63, 3.8) is 0 Å². The third kappa shape index (κ3) is 0.360. The van der Waals surface area contributed by atoms with Gasteiger partial charge < -0.3 is 0 Å². The van der Waals surface area contributed by atoms with Crippen molar-refractivity contribution < 1.29 is 0 Å². The van der Waals surface area contributed by atoms with E-state index in [1.165, 1.54) is 18.4 Å². The molecule has 2 bridgehead atoms. The molecule has 0 unspecified atom stereocenters. The van der Waals surface area contributed by atoms with Gasteiger partial charge >= 0.3 is 0 Å². The molecule has 0 aromatic rings. The standard InChI is InChI=1S/C8H10/c1-6-7-2-3-8(6)5-4-7/h2-3,7-8H,1,4-5H2/t7-,8-/m0/s1. The summed E-state index contributed by atoms with van der Waals surface area (Å²) in [6.07, 6.45) is 7.33. The summed E-state index contributed by atoms with van der Waals surface area (Å²) in [7, 11) is 0. The van der Waals surface area contributed by atoms with E-state index in [1.807, 2.05) is 0 Å². The van der Waals surface area contributed by atoms with Crippen LogP contribution in [0.3, 0.4) is 0 Å². The maximum absolute atomic E-state index is 4.02. The lowest BCUT2D eigenvalue weighted by atomic mass is 10.1. The van der Waals surface area contributed by atoms with Gasteiger partial charge in [0.1, 0.15) is 0 Å². The first-order chi connectivity index (χ1) is 3.88.